The smallest absolute Gasteiger partial charge is 0.408 e. The van der Waals surface area contributed by atoms with Gasteiger partial charge in [-0.2, -0.15) is 0 Å². The Morgan fingerprint density at radius 3 is 2.35 bits per heavy atom. The summed E-state index contributed by atoms with van der Waals surface area (Å²) >= 11 is 0. The summed E-state index contributed by atoms with van der Waals surface area (Å²) in [5.41, 5.74) is 0.282. The van der Waals surface area contributed by atoms with E-state index in [1.807, 2.05) is 0 Å². The first-order valence-electron chi connectivity index (χ1n) is 7.21. The summed E-state index contributed by atoms with van der Waals surface area (Å²) in [6, 6.07) is 2.11. The van der Waals surface area contributed by atoms with E-state index in [9.17, 15) is 19.5 Å². The lowest BCUT2D eigenvalue weighted by atomic mass is 9.98. The Hall–Kier alpha value is -2.57. The van der Waals surface area contributed by atoms with E-state index in [0.29, 0.717) is 24.0 Å². The van der Waals surface area contributed by atoms with Crippen molar-refractivity contribution >= 4 is 18.0 Å². The summed E-state index contributed by atoms with van der Waals surface area (Å²) in [5.74, 6) is -2.39. The largest absolute Gasteiger partial charge is 0.478 e. The molecule has 1 aliphatic carbocycles. The third-order valence-corrected chi connectivity index (χ3v) is 3.51. The van der Waals surface area contributed by atoms with Gasteiger partial charge in [-0.15, -0.1) is 0 Å². The predicted molar refractivity (Wildman–Crippen MR) is 80.8 cm³/mol. The maximum Gasteiger partial charge on any atom is 0.408 e. The van der Waals surface area contributed by atoms with E-state index in [1.54, 1.807) is 20.8 Å². The van der Waals surface area contributed by atoms with E-state index in [-0.39, 0.29) is 11.1 Å². The Balaban J connectivity index is 2.33. The van der Waals surface area contributed by atoms with Crippen molar-refractivity contribution in [1.29, 1.82) is 0 Å². The lowest BCUT2D eigenvalue weighted by Crippen LogP contribution is -2.34. The zero-order valence-electron chi connectivity index (χ0n) is 13.2. The van der Waals surface area contributed by atoms with Crippen LogP contribution in [0.2, 0.25) is 0 Å². The monoisotopic (exact) mass is 321 g/mol. The van der Waals surface area contributed by atoms with Crippen LogP contribution in [0.1, 0.15) is 65.1 Å². The van der Waals surface area contributed by atoms with E-state index < -0.39 is 29.7 Å². The summed E-state index contributed by atoms with van der Waals surface area (Å²) in [7, 11) is 0. The van der Waals surface area contributed by atoms with Gasteiger partial charge in [-0.3, -0.25) is 0 Å². The van der Waals surface area contributed by atoms with Gasteiger partial charge in [-0.25, -0.2) is 14.4 Å². The quantitative estimate of drug-likeness (QED) is 0.788. The van der Waals surface area contributed by atoms with Crippen LogP contribution < -0.4 is 5.32 Å². The van der Waals surface area contributed by atoms with Crippen LogP contribution in [0.4, 0.5) is 4.79 Å². The highest BCUT2D eigenvalue weighted by atomic mass is 16.6. The minimum atomic E-state index is -1.21. The number of carboxylic acid groups (broad SMARTS) is 2. The highest BCUT2D eigenvalue weighted by Gasteiger charge is 2.30. The first-order valence-corrected chi connectivity index (χ1v) is 7.21. The number of amides is 1. The van der Waals surface area contributed by atoms with Crippen molar-refractivity contribution in [3.63, 3.8) is 0 Å². The van der Waals surface area contributed by atoms with Gasteiger partial charge in [0, 0.05) is 0 Å². The summed E-state index contributed by atoms with van der Waals surface area (Å²) < 4.78 is 5.19. The SMILES string of the molecule is CC(C)(C)OC(=O)NC1CCc2c(C(=O)O)cc(C(=O)O)cc21. The summed E-state index contributed by atoms with van der Waals surface area (Å²) in [6.45, 7) is 5.21. The number of rotatable bonds is 3. The normalized spacial score (nSPS) is 16.6. The van der Waals surface area contributed by atoms with Gasteiger partial charge in [0.15, 0.2) is 0 Å². The second-order valence-electron chi connectivity index (χ2n) is 6.44. The number of nitrogens with one attached hydrogen (secondary N) is 1. The average Bonchev–Trinajstić information content (AvgIpc) is 2.78. The Morgan fingerprint density at radius 2 is 1.83 bits per heavy atom. The van der Waals surface area contributed by atoms with Gasteiger partial charge in [0.2, 0.25) is 0 Å². The van der Waals surface area contributed by atoms with Crippen LogP contribution in [-0.2, 0) is 11.2 Å². The fourth-order valence-electron chi connectivity index (χ4n) is 2.64. The highest BCUT2D eigenvalue weighted by molar-refractivity contribution is 5.95. The molecule has 1 unspecified atom stereocenters. The van der Waals surface area contributed by atoms with E-state index >= 15 is 0 Å². The molecular formula is C16H19NO6. The molecule has 0 fully saturated rings. The molecule has 1 aromatic carbocycles. The number of carbonyl (C=O) groups is 3. The minimum Gasteiger partial charge on any atom is -0.478 e. The number of alkyl carbamates (subject to hydrolysis) is 1. The standard InChI is InChI=1S/C16H19NO6/c1-16(2,3)23-15(22)17-12-5-4-9-10(12)6-8(13(18)19)7-11(9)14(20)21/h6-7,12H,4-5H2,1-3H3,(H,17,22)(H,18,19)(H,20,21). The van der Waals surface area contributed by atoms with Crippen molar-refractivity contribution in [2.24, 2.45) is 0 Å². The second kappa shape index (κ2) is 5.91. The molecular weight excluding hydrogens is 302 g/mol. The first kappa shape index (κ1) is 16.8. The van der Waals surface area contributed by atoms with Gasteiger partial charge in [-0.1, -0.05) is 0 Å². The zero-order valence-corrected chi connectivity index (χ0v) is 13.2. The van der Waals surface area contributed by atoms with Gasteiger partial charge in [0.25, 0.3) is 0 Å². The van der Waals surface area contributed by atoms with Crippen molar-refractivity contribution < 1.29 is 29.3 Å². The van der Waals surface area contributed by atoms with E-state index in [1.165, 1.54) is 6.07 Å². The van der Waals surface area contributed by atoms with Crippen LogP contribution in [0, 0.1) is 0 Å². The molecule has 7 nitrogen and oxygen atoms in total. The Labute approximate surface area is 133 Å². The number of fused-ring (bicyclic) bond motifs is 1. The zero-order chi connectivity index (χ0) is 17.4. The van der Waals surface area contributed by atoms with Crippen LogP contribution in [0.25, 0.3) is 0 Å². The van der Waals surface area contributed by atoms with Crippen LogP contribution in [0.15, 0.2) is 12.1 Å². The molecule has 3 N–H and O–H groups in total. The van der Waals surface area contributed by atoms with E-state index in [4.69, 9.17) is 9.84 Å². The summed E-state index contributed by atoms with van der Waals surface area (Å²) in [5, 5.41) is 21.1. The third-order valence-electron chi connectivity index (χ3n) is 3.51. The minimum absolute atomic E-state index is 0.0339. The molecule has 0 heterocycles. The van der Waals surface area contributed by atoms with Crippen molar-refractivity contribution in [2.75, 3.05) is 0 Å². The fourth-order valence-corrected chi connectivity index (χ4v) is 2.64. The van der Waals surface area contributed by atoms with E-state index in [2.05, 4.69) is 5.32 Å². The Bertz CT molecular complexity index is 674. The lowest BCUT2D eigenvalue weighted by Gasteiger charge is -2.22. The van der Waals surface area contributed by atoms with Crippen LogP contribution >= 0.6 is 0 Å². The van der Waals surface area contributed by atoms with Gasteiger partial charge in [-0.05, 0) is 56.9 Å². The number of ether oxygens (including phenoxy) is 1. The molecule has 0 saturated heterocycles. The molecule has 0 saturated carbocycles. The molecule has 0 radical (unpaired) electrons. The molecule has 2 rings (SSSR count). The molecule has 0 aliphatic heterocycles. The van der Waals surface area contributed by atoms with Crippen molar-refractivity contribution in [1.82, 2.24) is 5.32 Å². The molecule has 0 bridgehead atoms. The molecule has 0 spiro atoms. The number of carbonyl (C=O) groups excluding carboxylic acids is 1. The molecule has 1 aromatic rings. The van der Waals surface area contributed by atoms with Crippen LogP contribution in [0.3, 0.4) is 0 Å². The Morgan fingerprint density at radius 1 is 1.17 bits per heavy atom. The molecule has 124 valence electrons. The van der Waals surface area contributed by atoms with Gasteiger partial charge < -0.3 is 20.3 Å². The number of carboxylic acids is 2. The van der Waals surface area contributed by atoms with E-state index in [0.717, 1.165) is 6.07 Å². The highest BCUT2D eigenvalue weighted by Crippen LogP contribution is 2.35. The first-order chi connectivity index (χ1) is 10.6. The average molecular weight is 321 g/mol. The van der Waals surface area contributed by atoms with Crippen molar-refractivity contribution in [2.45, 2.75) is 45.3 Å². The number of benzene rings is 1. The molecule has 7 heteroatoms. The van der Waals surface area contributed by atoms with Crippen LogP contribution in [-0.4, -0.2) is 33.8 Å². The molecule has 1 amide bonds. The maximum atomic E-state index is 11.9. The van der Waals surface area contributed by atoms with Gasteiger partial charge >= 0.3 is 18.0 Å². The molecule has 23 heavy (non-hydrogen) atoms. The number of hydrogen-bond donors (Lipinski definition) is 3. The number of aromatic carboxylic acids is 2. The topological polar surface area (TPSA) is 113 Å². The van der Waals surface area contributed by atoms with Gasteiger partial charge in [0.1, 0.15) is 5.60 Å². The second-order valence-corrected chi connectivity index (χ2v) is 6.44. The molecule has 1 aliphatic rings. The molecule has 1 atom stereocenters. The maximum absolute atomic E-state index is 11.9. The Kier molecular flexibility index (Phi) is 4.31. The van der Waals surface area contributed by atoms with Gasteiger partial charge in [0.05, 0.1) is 17.2 Å². The summed E-state index contributed by atoms with van der Waals surface area (Å²) in [6.07, 6.45) is 0.336. The van der Waals surface area contributed by atoms with Crippen molar-refractivity contribution in [3.05, 3.63) is 34.4 Å². The summed E-state index contributed by atoms with van der Waals surface area (Å²) in [4.78, 5) is 34.4. The third kappa shape index (κ3) is 3.80. The van der Waals surface area contributed by atoms with Crippen molar-refractivity contribution in [3.8, 4) is 0 Å². The fraction of sp³-hybridized carbons (Fsp3) is 0.438. The lowest BCUT2D eigenvalue weighted by molar-refractivity contribution is 0.0503. The predicted octanol–water partition coefficient (Wildman–Crippen LogP) is 2.60. The van der Waals surface area contributed by atoms with Crippen LogP contribution in [0.5, 0.6) is 0 Å². The molecule has 0 aromatic heterocycles. The number of hydrogen-bond acceptors (Lipinski definition) is 4.